The highest BCUT2D eigenvalue weighted by Gasteiger charge is 2.43. The second-order valence-electron chi connectivity index (χ2n) is 6.94. The molecule has 0 saturated heterocycles. The van der Waals surface area contributed by atoms with Gasteiger partial charge in [0.05, 0.1) is 5.41 Å². The van der Waals surface area contributed by atoms with Crippen LogP contribution >= 0.6 is 11.3 Å². The van der Waals surface area contributed by atoms with Gasteiger partial charge in [0, 0.05) is 24.7 Å². The summed E-state index contributed by atoms with van der Waals surface area (Å²) >= 11 is 1.30. The lowest BCUT2D eigenvalue weighted by Crippen LogP contribution is -2.50. The van der Waals surface area contributed by atoms with E-state index < -0.39 is 0 Å². The van der Waals surface area contributed by atoms with E-state index >= 15 is 0 Å². The van der Waals surface area contributed by atoms with Crippen molar-refractivity contribution in [2.75, 3.05) is 0 Å². The molecule has 0 fully saturated rings. The second kappa shape index (κ2) is 6.30. The zero-order valence-electron chi connectivity index (χ0n) is 14.4. The third-order valence-corrected chi connectivity index (χ3v) is 6.81. The van der Waals surface area contributed by atoms with Gasteiger partial charge in [-0.05, 0) is 48.1 Å². The Bertz CT molecular complexity index is 975. The molecule has 1 unspecified atom stereocenters. The van der Waals surface area contributed by atoms with Crippen LogP contribution < -0.4 is 9.31 Å². The number of aromatic nitrogens is 2. The van der Waals surface area contributed by atoms with Crippen LogP contribution in [0.2, 0.25) is 0 Å². The average Bonchev–Trinajstić information content (AvgIpc) is 3.03. The lowest BCUT2D eigenvalue weighted by Gasteiger charge is -2.33. The first-order valence-corrected chi connectivity index (χ1v) is 9.76. The Morgan fingerprint density at radius 1 is 1.32 bits per heavy atom. The number of hydrogen-bond acceptors (Lipinski definition) is 3. The summed E-state index contributed by atoms with van der Waals surface area (Å²) in [6.07, 6.45) is 6.21. The molecule has 0 spiro atoms. The Kier molecular flexibility index (Phi) is 4.12. The van der Waals surface area contributed by atoms with Gasteiger partial charge in [-0.2, -0.15) is 4.57 Å². The zero-order chi connectivity index (χ0) is 17.4. The van der Waals surface area contributed by atoms with Crippen molar-refractivity contribution in [3.8, 4) is 5.88 Å². The number of aryl methyl sites for hydroxylation is 1. The van der Waals surface area contributed by atoms with Crippen LogP contribution in [0.4, 0.5) is 0 Å². The van der Waals surface area contributed by atoms with Gasteiger partial charge in [0.2, 0.25) is 9.75 Å². The summed E-state index contributed by atoms with van der Waals surface area (Å²) in [4.78, 5) is 12.0. The molecule has 1 aliphatic heterocycles. The number of hydrogen-bond donors (Lipinski definition) is 1. The van der Waals surface area contributed by atoms with Crippen molar-refractivity contribution in [1.82, 2.24) is 4.57 Å². The minimum Gasteiger partial charge on any atom is -0.460 e. The Morgan fingerprint density at radius 2 is 2.16 bits per heavy atom. The van der Waals surface area contributed by atoms with Gasteiger partial charge in [0.25, 0.3) is 0 Å². The molecule has 1 aliphatic rings. The third kappa shape index (κ3) is 2.76. The number of benzene rings is 1. The maximum absolute atomic E-state index is 12.0. The van der Waals surface area contributed by atoms with Crippen LogP contribution in [-0.4, -0.2) is 9.67 Å². The molecule has 1 aromatic carbocycles. The van der Waals surface area contributed by atoms with E-state index in [1.165, 1.54) is 28.3 Å². The smallest absolute Gasteiger partial charge is 0.371 e. The quantitative estimate of drug-likeness (QED) is 0.727. The molecule has 0 radical (unpaired) electrons. The van der Waals surface area contributed by atoms with Gasteiger partial charge < -0.3 is 9.67 Å². The summed E-state index contributed by atoms with van der Waals surface area (Å²) in [5.74, 6) is 0.114. The van der Waals surface area contributed by atoms with Crippen molar-refractivity contribution >= 4 is 22.2 Å². The minimum atomic E-state index is -0.0603. The summed E-state index contributed by atoms with van der Waals surface area (Å²) in [5, 5.41) is 12.5. The highest BCUT2D eigenvalue weighted by molar-refractivity contribution is 7.08. The molecule has 3 aromatic rings. The molecule has 3 heterocycles. The molecule has 0 saturated carbocycles. The average molecular weight is 355 g/mol. The molecule has 0 aliphatic carbocycles. The summed E-state index contributed by atoms with van der Waals surface area (Å²) < 4.78 is 4.19. The van der Waals surface area contributed by atoms with E-state index in [1.807, 2.05) is 4.57 Å². The lowest BCUT2D eigenvalue weighted by atomic mass is 9.76. The lowest BCUT2D eigenvalue weighted by molar-refractivity contribution is -0.716. The van der Waals surface area contributed by atoms with Gasteiger partial charge in [-0.1, -0.05) is 25.1 Å². The molecular weight excluding hydrogens is 332 g/mol. The maximum Gasteiger partial charge on any atom is 0.371 e. The molecule has 4 rings (SSSR count). The number of para-hydroxylation sites is 1. The summed E-state index contributed by atoms with van der Waals surface area (Å²) in [6, 6.07) is 11.9. The number of aromatic hydroxyl groups is 1. The summed E-state index contributed by atoms with van der Waals surface area (Å²) in [5.41, 5.74) is 1.22. The molecule has 0 bridgehead atoms. The van der Waals surface area contributed by atoms with Crippen molar-refractivity contribution in [2.45, 2.75) is 51.1 Å². The van der Waals surface area contributed by atoms with Gasteiger partial charge >= 0.3 is 5.88 Å². The number of nitrogens with zero attached hydrogens (tertiary/aromatic N) is 2. The first-order valence-electron chi connectivity index (χ1n) is 8.94. The predicted molar refractivity (Wildman–Crippen MR) is 100 cm³/mol. The van der Waals surface area contributed by atoms with Crippen molar-refractivity contribution in [3.63, 3.8) is 0 Å². The first-order chi connectivity index (χ1) is 12.1. The van der Waals surface area contributed by atoms with Crippen LogP contribution in [0.15, 0.2) is 47.4 Å². The number of fused-ring (bicyclic) bond motifs is 2. The highest BCUT2D eigenvalue weighted by atomic mass is 32.1. The van der Waals surface area contributed by atoms with Crippen LogP contribution in [0, 0.1) is 0 Å². The third-order valence-electron chi connectivity index (χ3n) is 5.64. The van der Waals surface area contributed by atoms with Crippen LogP contribution in [0.25, 0.3) is 10.9 Å². The molecule has 0 amide bonds. The SMILES string of the molecule is CCC1(CCn2ccc3ccccc32)CCC[n+]2c(O)cc(=O)sc21. The molecule has 1 N–H and O–H groups in total. The fourth-order valence-electron chi connectivity index (χ4n) is 4.17. The van der Waals surface area contributed by atoms with Crippen LogP contribution in [0.5, 0.6) is 5.88 Å². The first kappa shape index (κ1) is 16.3. The van der Waals surface area contributed by atoms with Crippen molar-refractivity contribution in [2.24, 2.45) is 0 Å². The minimum absolute atomic E-state index is 0.0355. The van der Waals surface area contributed by atoms with E-state index in [0.717, 1.165) is 43.8 Å². The van der Waals surface area contributed by atoms with E-state index in [0.29, 0.717) is 0 Å². The molecule has 1 atom stereocenters. The standard InChI is InChI=1S/C20H22N2O2S/c1-2-20(9-5-11-22-17(23)14-18(24)25-19(20)22)10-13-21-12-8-15-6-3-4-7-16(15)21/h3-4,6-8,12,14H,2,5,9-11,13H2,1H3/p+1. The predicted octanol–water partition coefficient (Wildman–Crippen LogP) is 3.59. The van der Waals surface area contributed by atoms with Gasteiger partial charge in [-0.25, -0.2) is 0 Å². The topological polar surface area (TPSA) is 46.1 Å². The van der Waals surface area contributed by atoms with Crippen LogP contribution in [0.1, 0.15) is 37.6 Å². The Hall–Kier alpha value is -2.14. The van der Waals surface area contributed by atoms with Crippen LogP contribution in [-0.2, 0) is 18.5 Å². The fourth-order valence-corrected chi connectivity index (χ4v) is 5.38. The second-order valence-corrected chi connectivity index (χ2v) is 7.93. The molecule has 4 nitrogen and oxygen atoms in total. The number of rotatable bonds is 4. The summed E-state index contributed by atoms with van der Waals surface area (Å²) in [6.45, 7) is 3.91. The largest absolute Gasteiger partial charge is 0.460 e. The van der Waals surface area contributed by atoms with Crippen molar-refractivity contribution < 1.29 is 9.67 Å². The molecular formula is C20H23N2O2S+. The molecule has 25 heavy (non-hydrogen) atoms. The Labute approximate surface area is 151 Å². The monoisotopic (exact) mass is 355 g/mol. The van der Waals surface area contributed by atoms with Gasteiger partial charge in [-0.3, -0.25) is 4.79 Å². The van der Waals surface area contributed by atoms with Crippen LogP contribution in [0.3, 0.4) is 0 Å². The molecule has 5 heteroatoms. The zero-order valence-corrected chi connectivity index (χ0v) is 15.3. The Morgan fingerprint density at radius 3 is 3.00 bits per heavy atom. The normalized spacial score (nSPS) is 19.9. The van der Waals surface area contributed by atoms with Crippen molar-refractivity contribution in [3.05, 3.63) is 57.1 Å². The van der Waals surface area contributed by atoms with E-state index in [9.17, 15) is 9.90 Å². The van der Waals surface area contributed by atoms with E-state index in [1.54, 1.807) is 0 Å². The Balaban J connectivity index is 1.70. The summed E-state index contributed by atoms with van der Waals surface area (Å²) in [7, 11) is 0. The van der Waals surface area contributed by atoms with E-state index in [2.05, 4.69) is 48.0 Å². The maximum atomic E-state index is 12.0. The molecule has 130 valence electrons. The van der Waals surface area contributed by atoms with E-state index in [4.69, 9.17) is 0 Å². The van der Waals surface area contributed by atoms with Gasteiger partial charge in [-0.15, -0.1) is 0 Å². The van der Waals surface area contributed by atoms with Crippen molar-refractivity contribution in [1.29, 1.82) is 0 Å². The fraction of sp³-hybridized carbons (Fsp3) is 0.400. The highest BCUT2D eigenvalue weighted by Crippen LogP contribution is 2.39. The van der Waals surface area contributed by atoms with Gasteiger partial charge in [0.15, 0.2) is 6.54 Å². The van der Waals surface area contributed by atoms with E-state index in [-0.39, 0.29) is 16.0 Å². The molecule has 2 aromatic heterocycles. The van der Waals surface area contributed by atoms with Gasteiger partial charge in [0.1, 0.15) is 6.07 Å².